The van der Waals surface area contributed by atoms with Gasteiger partial charge in [0.15, 0.2) is 0 Å². The van der Waals surface area contributed by atoms with Crippen molar-refractivity contribution in [3.63, 3.8) is 0 Å². The van der Waals surface area contributed by atoms with Crippen LogP contribution in [0.3, 0.4) is 0 Å². The van der Waals surface area contributed by atoms with E-state index in [2.05, 4.69) is 13.2 Å². The van der Waals surface area contributed by atoms with Gasteiger partial charge in [0.05, 0.1) is 39.1 Å². The molecule has 0 radical (unpaired) electrons. The fraction of sp³-hybridized carbons (Fsp3) is 0.355. The van der Waals surface area contributed by atoms with Gasteiger partial charge in [-0.3, -0.25) is 0 Å². The van der Waals surface area contributed by atoms with Crippen LogP contribution in [0.2, 0.25) is 0 Å². The first kappa shape index (κ1) is 28.6. The molecular weight excluding hydrogens is 468 g/mol. The fourth-order valence-corrected chi connectivity index (χ4v) is 4.46. The van der Waals surface area contributed by atoms with Crippen LogP contribution in [-0.2, 0) is 34.0 Å². The molecule has 6 unspecified atom stereocenters. The van der Waals surface area contributed by atoms with Crippen molar-refractivity contribution in [2.24, 2.45) is 5.92 Å². The quantitative estimate of drug-likeness (QED) is 0.380. The highest BCUT2D eigenvalue weighted by Gasteiger charge is 2.50. The lowest BCUT2D eigenvalue weighted by Crippen LogP contribution is -2.62. The molecule has 6 heteroatoms. The number of aliphatic hydroxyl groups excluding tert-OH is 2. The number of hydrogen-bond donors (Lipinski definition) is 2. The molecule has 0 amide bonds. The zero-order valence-electron chi connectivity index (χ0n) is 21.6. The number of aliphatic hydroxyl groups is 2. The molecule has 3 aromatic carbocycles. The largest absolute Gasteiger partial charge is 0.497 e. The summed E-state index contributed by atoms with van der Waals surface area (Å²) in [4.78, 5) is 0. The van der Waals surface area contributed by atoms with E-state index >= 15 is 0 Å². The predicted molar refractivity (Wildman–Crippen MR) is 144 cm³/mol. The van der Waals surface area contributed by atoms with Crippen LogP contribution in [0.1, 0.15) is 23.6 Å². The monoisotopic (exact) mass is 506 g/mol. The van der Waals surface area contributed by atoms with Gasteiger partial charge in [-0.15, -0.1) is 13.2 Å². The predicted octanol–water partition coefficient (Wildman–Crippen LogP) is 4.92. The van der Waals surface area contributed by atoms with Crippen LogP contribution in [0.4, 0.5) is 0 Å². The molecule has 0 aliphatic heterocycles. The SMILES string of the molecule is C=C.COc1ccc(COC2C(OCc3ccccc3)C(C)C(O)C(O)C2OCc2ccccc2)cc1. The Morgan fingerprint density at radius 3 is 1.51 bits per heavy atom. The van der Waals surface area contributed by atoms with Crippen molar-refractivity contribution in [2.45, 2.75) is 57.3 Å². The summed E-state index contributed by atoms with van der Waals surface area (Å²) in [7, 11) is 1.63. The van der Waals surface area contributed by atoms with Crippen molar-refractivity contribution in [3.8, 4) is 5.75 Å². The molecule has 0 saturated heterocycles. The van der Waals surface area contributed by atoms with Gasteiger partial charge in [0.1, 0.15) is 24.1 Å². The Hall–Kier alpha value is -3.00. The Labute approximate surface area is 220 Å². The maximum absolute atomic E-state index is 11.0. The summed E-state index contributed by atoms with van der Waals surface area (Å²) in [5.74, 6) is 0.415. The fourth-order valence-electron chi connectivity index (χ4n) is 4.46. The minimum atomic E-state index is -1.11. The third-order valence-corrected chi connectivity index (χ3v) is 6.56. The highest BCUT2D eigenvalue weighted by Crippen LogP contribution is 2.34. The maximum Gasteiger partial charge on any atom is 0.118 e. The van der Waals surface area contributed by atoms with Crippen molar-refractivity contribution in [1.29, 1.82) is 0 Å². The first-order valence-corrected chi connectivity index (χ1v) is 12.5. The normalized spacial score (nSPS) is 25.1. The Balaban J connectivity index is 0.00000186. The third-order valence-electron chi connectivity index (χ3n) is 6.56. The van der Waals surface area contributed by atoms with Gasteiger partial charge in [-0.25, -0.2) is 0 Å². The number of ether oxygens (including phenoxy) is 4. The molecule has 37 heavy (non-hydrogen) atoms. The molecule has 1 fully saturated rings. The van der Waals surface area contributed by atoms with E-state index in [0.717, 1.165) is 22.4 Å². The van der Waals surface area contributed by atoms with Gasteiger partial charge in [-0.2, -0.15) is 0 Å². The molecule has 1 saturated carbocycles. The van der Waals surface area contributed by atoms with Gasteiger partial charge < -0.3 is 29.2 Å². The van der Waals surface area contributed by atoms with Crippen LogP contribution < -0.4 is 4.74 Å². The summed E-state index contributed by atoms with van der Waals surface area (Å²) in [5, 5.41) is 21.9. The molecule has 4 rings (SSSR count). The summed E-state index contributed by atoms with van der Waals surface area (Å²) in [6.07, 6.45) is -3.94. The van der Waals surface area contributed by atoms with Crippen LogP contribution in [0.15, 0.2) is 98.1 Å². The second-order valence-corrected chi connectivity index (χ2v) is 8.99. The topological polar surface area (TPSA) is 77.4 Å². The number of methoxy groups -OCH3 is 1. The standard InChI is InChI=1S/C29H34O6.C2H4/c1-20-25(30)26(31)28(34-18-22-11-7-4-8-12-22)29(27(20)33-17-21-9-5-3-6-10-21)35-19-23-13-15-24(32-2)16-14-23;1-2/h3-16,20,25-31H,17-19H2,1-2H3;1-2H2. The molecule has 6 atom stereocenters. The molecule has 6 nitrogen and oxygen atoms in total. The van der Waals surface area contributed by atoms with Gasteiger partial charge in [0.25, 0.3) is 0 Å². The van der Waals surface area contributed by atoms with Crippen LogP contribution in [-0.4, -0.2) is 47.8 Å². The summed E-state index contributed by atoms with van der Waals surface area (Å²) < 4.78 is 24.1. The van der Waals surface area contributed by atoms with Crippen LogP contribution in [0, 0.1) is 5.92 Å². The van der Waals surface area contributed by atoms with Crippen molar-refractivity contribution >= 4 is 0 Å². The molecule has 0 heterocycles. The van der Waals surface area contributed by atoms with E-state index in [4.69, 9.17) is 18.9 Å². The van der Waals surface area contributed by atoms with E-state index in [-0.39, 0.29) is 12.5 Å². The highest BCUT2D eigenvalue weighted by molar-refractivity contribution is 5.26. The number of hydrogen-bond acceptors (Lipinski definition) is 6. The molecule has 0 aromatic heterocycles. The lowest BCUT2D eigenvalue weighted by molar-refractivity contribution is -0.246. The van der Waals surface area contributed by atoms with Gasteiger partial charge in [-0.05, 0) is 28.8 Å². The molecule has 2 N–H and O–H groups in total. The Kier molecular flexibility index (Phi) is 11.3. The van der Waals surface area contributed by atoms with Crippen LogP contribution >= 0.6 is 0 Å². The van der Waals surface area contributed by atoms with E-state index in [0.29, 0.717) is 13.2 Å². The van der Waals surface area contributed by atoms with Gasteiger partial charge in [0, 0.05) is 5.92 Å². The lowest BCUT2D eigenvalue weighted by atomic mass is 9.79. The van der Waals surface area contributed by atoms with Crippen molar-refractivity contribution in [1.82, 2.24) is 0 Å². The smallest absolute Gasteiger partial charge is 0.118 e. The van der Waals surface area contributed by atoms with Crippen molar-refractivity contribution < 1.29 is 29.2 Å². The van der Waals surface area contributed by atoms with Gasteiger partial charge in [0.2, 0.25) is 0 Å². The van der Waals surface area contributed by atoms with E-state index < -0.39 is 30.5 Å². The minimum Gasteiger partial charge on any atom is -0.497 e. The minimum absolute atomic E-state index is 0.289. The lowest BCUT2D eigenvalue weighted by Gasteiger charge is -2.46. The van der Waals surface area contributed by atoms with Crippen LogP contribution in [0.25, 0.3) is 0 Å². The van der Waals surface area contributed by atoms with Gasteiger partial charge >= 0.3 is 0 Å². The maximum atomic E-state index is 11.0. The molecule has 1 aliphatic rings. The van der Waals surface area contributed by atoms with Crippen LogP contribution in [0.5, 0.6) is 5.75 Å². The molecule has 3 aromatic rings. The van der Waals surface area contributed by atoms with Crippen molar-refractivity contribution in [2.75, 3.05) is 7.11 Å². The van der Waals surface area contributed by atoms with E-state index in [1.54, 1.807) is 7.11 Å². The summed E-state index contributed by atoms with van der Waals surface area (Å²) >= 11 is 0. The zero-order chi connectivity index (χ0) is 26.6. The summed E-state index contributed by atoms with van der Waals surface area (Å²) in [6.45, 7) is 8.84. The second kappa shape index (κ2) is 14.7. The third kappa shape index (κ3) is 7.74. The average Bonchev–Trinajstić information content (AvgIpc) is 2.96. The summed E-state index contributed by atoms with van der Waals surface area (Å²) in [6, 6.07) is 27.3. The van der Waals surface area contributed by atoms with E-state index in [9.17, 15) is 10.2 Å². The Bertz CT molecular complexity index is 969. The Morgan fingerprint density at radius 1 is 0.595 bits per heavy atom. The second-order valence-electron chi connectivity index (χ2n) is 8.99. The molecule has 0 spiro atoms. The number of benzene rings is 3. The van der Waals surface area contributed by atoms with Crippen molar-refractivity contribution in [3.05, 3.63) is 115 Å². The highest BCUT2D eigenvalue weighted by atomic mass is 16.6. The average molecular weight is 507 g/mol. The zero-order valence-corrected chi connectivity index (χ0v) is 21.6. The molecule has 0 bridgehead atoms. The first-order chi connectivity index (χ1) is 18.1. The van der Waals surface area contributed by atoms with Gasteiger partial charge in [-0.1, -0.05) is 79.7 Å². The van der Waals surface area contributed by atoms with E-state index in [1.807, 2.05) is 91.9 Å². The number of rotatable bonds is 10. The molecule has 198 valence electrons. The summed E-state index contributed by atoms with van der Waals surface area (Å²) in [5.41, 5.74) is 2.96. The first-order valence-electron chi connectivity index (χ1n) is 12.5. The Morgan fingerprint density at radius 2 is 1.03 bits per heavy atom. The van der Waals surface area contributed by atoms with E-state index in [1.165, 1.54) is 0 Å². The molecular formula is C31H38O6. The molecule has 1 aliphatic carbocycles.